The molecule has 2 aliphatic heterocycles. The quantitative estimate of drug-likeness (QED) is 0.845. The molecule has 3 heterocycles. The molecule has 0 spiro atoms. The molecule has 1 saturated heterocycles. The summed E-state index contributed by atoms with van der Waals surface area (Å²) < 4.78 is 28.4. The van der Waals surface area contributed by atoms with Crippen molar-refractivity contribution in [3.8, 4) is 0 Å². The number of piperidine rings is 1. The van der Waals surface area contributed by atoms with E-state index in [0.717, 1.165) is 17.7 Å². The van der Waals surface area contributed by atoms with Gasteiger partial charge in [0.25, 0.3) is 5.56 Å². The van der Waals surface area contributed by atoms with Gasteiger partial charge in [-0.15, -0.1) is 0 Å². The van der Waals surface area contributed by atoms with E-state index in [-0.39, 0.29) is 23.1 Å². The molecular weight excluding hydrogens is 312 g/mol. The van der Waals surface area contributed by atoms with E-state index in [1.54, 1.807) is 10.4 Å². The molecule has 23 heavy (non-hydrogen) atoms. The van der Waals surface area contributed by atoms with E-state index in [1.807, 2.05) is 36.6 Å². The highest BCUT2D eigenvalue weighted by molar-refractivity contribution is 7.89. The Hall–Kier alpha value is -1.40. The molecule has 0 N–H and O–H groups in total. The SMILES string of the molecule is CC=Cc1ccc(=O)n2c1C1CC(CN(S(=O)(=O)CCC)C1)C2. The predicted molar refractivity (Wildman–Crippen MR) is 91.9 cm³/mol. The van der Waals surface area contributed by atoms with Gasteiger partial charge in [-0.1, -0.05) is 19.1 Å². The number of nitrogens with zero attached hydrogens (tertiary/aromatic N) is 2. The van der Waals surface area contributed by atoms with Gasteiger partial charge in [0.05, 0.1) is 5.75 Å². The lowest BCUT2D eigenvalue weighted by Crippen LogP contribution is -2.49. The van der Waals surface area contributed by atoms with Crippen LogP contribution in [0.3, 0.4) is 0 Å². The first-order chi connectivity index (χ1) is 11.0. The van der Waals surface area contributed by atoms with Crippen LogP contribution in [-0.2, 0) is 16.6 Å². The monoisotopic (exact) mass is 336 g/mol. The summed E-state index contributed by atoms with van der Waals surface area (Å²) >= 11 is 0. The Labute approximate surface area is 137 Å². The Kier molecular flexibility index (Phi) is 4.47. The molecule has 0 radical (unpaired) electrons. The third kappa shape index (κ3) is 3.02. The van der Waals surface area contributed by atoms with Crippen LogP contribution in [0.5, 0.6) is 0 Å². The van der Waals surface area contributed by atoms with Crippen LogP contribution >= 0.6 is 0 Å². The zero-order chi connectivity index (χ0) is 16.6. The van der Waals surface area contributed by atoms with Crippen molar-refractivity contribution in [2.24, 2.45) is 5.92 Å². The summed E-state index contributed by atoms with van der Waals surface area (Å²) in [6.45, 7) is 5.49. The largest absolute Gasteiger partial charge is 0.311 e. The minimum Gasteiger partial charge on any atom is -0.311 e. The van der Waals surface area contributed by atoms with Gasteiger partial charge in [0.15, 0.2) is 0 Å². The molecule has 1 aromatic heterocycles. The van der Waals surface area contributed by atoms with Crippen molar-refractivity contribution < 1.29 is 8.42 Å². The molecule has 5 nitrogen and oxygen atoms in total. The van der Waals surface area contributed by atoms with E-state index in [0.29, 0.717) is 26.1 Å². The van der Waals surface area contributed by atoms with E-state index in [2.05, 4.69) is 0 Å². The molecule has 1 fully saturated rings. The molecular formula is C17H24N2O3S. The number of aromatic nitrogens is 1. The first kappa shape index (κ1) is 16.5. The molecule has 126 valence electrons. The van der Waals surface area contributed by atoms with Gasteiger partial charge < -0.3 is 4.57 Å². The Balaban J connectivity index is 2.02. The van der Waals surface area contributed by atoms with E-state index in [4.69, 9.17) is 0 Å². The van der Waals surface area contributed by atoms with Crippen LogP contribution in [-0.4, -0.2) is 36.1 Å². The number of rotatable bonds is 4. The number of allylic oxidation sites excluding steroid dienone is 1. The Morgan fingerprint density at radius 3 is 2.74 bits per heavy atom. The molecule has 0 saturated carbocycles. The number of pyridine rings is 1. The summed E-state index contributed by atoms with van der Waals surface area (Å²) in [5.74, 6) is 0.538. The molecule has 2 unspecified atom stereocenters. The van der Waals surface area contributed by atoms with Crippen molar-refractivity contribution in [3.05, 3.63) is 39.8 Å². The summed E-state index contributed by atoms with van der Waals surface area (Å²) in [4.78, 5) is 12.2. The second-order valence-corrected chi connectivity index (χ2v) is 8.64. The molecule has 0 aromatic carbocycles. The Bertz CT molecular complexity index is 780. The zero-order valence-electron chi connectivity index (χ0n) is 13.7. The fourth-order valence-corrected chi connectivity index (χ4v) is 5.56. The lowest BCUT2D eigenvalue weighted by Gasteiger charge is -2.42. The van der Waals surface area contributed by atoms with Crippen molar-refractivity contribution in [1.82, 2.24) is 8.87 Å². The summed E-state index contributed by atoms with van der Waals surface area (Å²) in [5.41, 5.74) is 2.06. The summed E-state index contributed by atoms with van der Waals surface area (Å²) in [7, 11) is -3.19. The van der Waals surface area contributed by atoms with Crippen LogP contribution < -0.4 is 5.56 Å². The van der Waals surface area contributed by atoms with E-state index in [1.165, 1.54) is 0 Å². The first-order valence-electron chi connectivity index (χ1n) is 8.30. The summed E-state index contributed by atoms with van der Waals surface area (Å²) in [6.07, 6.45) is 5.56. The minimum atomic E-state index is -3.19. The molecule has 0 aliphatic carbocycles. The highest BCUT2D eigenvalue weighted by Crippen LogP contribution is 2.38. The van der Waals surface area contributed by atoms with Crippen LogP contribution in [0.2, 0.25) is 0 Å². The normalized spacial score (nSPS) is 24.8. The summed E-state index contributed by atoms with van der Waals surface area (Å²) in [6, 6.07) is 3.47. The second-order valence-electron chi connectivity index (χ2n) is 6.55. The number of fused-ring (bicyclic) bond motifs is 4. The third-order valence-corrected chi connectivity index (χ3v) is 6.80. The van der Waals surface area contributed by atoms with Crippen LogP contribution in [0.25, 0.3) is 6.08 Å². The van der Waals surface area contributed by atoms with Crippen molar-refractivity contribution >= 4 is 16.1 Å². The van der Waals surface area contributed by atoms with E-state index < -0.39 is 10.0 Å². The molecule has 3 rings (SSSR count). The number of sulfonamides is 1. The van der Waals surface area contributed by atoms with Gasteiger partial charge in [-0.2, -0.15) is 0 Å². The van der Waals surface area contributed by atoms with Crippen molar-refractivity contribution in [3.63, 3.8) is 0 Å². The van der Waals surface area contributed by atoms with Crippen LogP contribution in [0.4, 0.5) is 0 Å². The maximum absolute atomic E-state index is 12.4. The predicted octanol–water partition coefficient (Wildman–Crippen LogP) is 2.04. The highest BCUT2D eigenvalue weighted by Gasteiger charge is 2.39. The Morgan fingerprint density at radius 2 is 2.04 bits per heavy atom. The molecule has 2 bridgehead atoms. The molecule has 2 atom stereocenters. The van der Waals surface area contributed by atoms with Crippen molar-refractivity contribution in [2.75, 3.05) is 18.8 Å². The molecule has 1 aromatic rings. The molecule has 6 heteroatoms. The minimum absolute atomic E-state index is 0.0211. The highest BCUT2D eigenvalue weighted by atomic mass is 32.2. The van der Waals surface area contributed by atoms with Gasteiger partial charge in [-0.25, -0.2) is 12.7 Å². The molecule has 2 aliphatic rings. The number of hydrogen-bond acceptors (Lipinski definition) is 3. The lowest BCUT2D eigenvalue weighted by atomic mass is 9.82. The van der Waals surface area contributed by atoms with Gasteiger partial charge in [0, 0.05) is 37.3 Å². The van der Waals surface area contributed by atoms with Gasteiger partial charge in [0.1, 0.15) is 0 Å². The van der Waals surface area contributed by atoms with Crippen molar-refractivity contribution in [2.45, 2.75) is 39.2 Å². The maximum atomic E-state index is 12.4. The average Bonchev–Trinajstić information content (AvgIpc) is 2.50. The topological polar surface area (TPSA) is 59.4 Å². The van der Waals surface area contributed by atoms with Crippen LogP contribution in [0.15, 0.2) is 23.0 Å². The molecule has 0 amide bonds. The van der Waals surface area contributed by atoms with Crippen molar-refractivity contribution in [1.29, 1.82) is 0 Å². The van der Waals surface area contributed by atoms with Gasteiger partial charge in [0.2, 0.25) is 10.0 Å². The van der Waals surface area contributed by atoms with Crippen LogP contribution in [0, 0.1) is 5.92 Å². The van der Waals surface area contributed by atoms with E-state index in [9.17, 15) is 13.2 Å². The summed E-state index contributed by atoms with van der Waals surface area (Å²) in [5, 5.41) is 0. The standard InChI is InChI=1S/C17H24N2O3S/c1-3-5-14-6-7-16(20)19-11-13-9-15(17(14)19)12-18(10-13)23(21,22)8-4-2/h3,5-7,13,15H,4,8-12H2,1-2H3. The van der Waals surface area contributed by atoms with E-state index >= 15 is 0 Å². The van der Waals surface area contributed by atoms with Gasteiger partial charge >= 0.3 is 0 Å². The van der Waals surface area contributed by atoms with Gasteiger partial charge in [-0.05, 0) is 37.3 Å². The Morgan fingerprint density at radius 1 is 1.26 bits per heavy atom. The number of hydrogen-bond donors (Lipinski definition) is 0. The fraction of sp³-hybridized carbons (Fsp3) is 0.588. The second kappa shape index (κ2) is 6.24. The van der Waals surface area contributed by atoms with Crippen LogP contribution in [0.1, 0.15) is 43.9 Å². The average molecular weight is 336 g/mol. The fourth-order valence-electron chi connectivity index (χ4n) is 3.94. The lowest BCUT2D eigenvalue weighted by molar-refractivity contribution is 0.186. The first-order valence-corrected chi connectivity index (χ1v) is 9.91. The maximum Gasteiger partial charge on any atom is 0.250 e. The third-order valence-electron chi connectivity index (χ3n) is 4.79. The zero-order valence-corrected chi connectivity index (χ0v) is 14.6. The van der Waals surface area contributed by atoms with Gasteiger partial charge in [-0.3, -0.25) is 4.79 Å². The smallest absolute Gasteiger partial charge is 0.250 e.